The van der Waals surface area contributed by atoms with E-state index in [1.807, 2.05) is 22.6 Å². The molecule has 1 heterocycles. The van der Waals surface area contributed by atoms with Crippen molar-refractivity contribution < 1.29 is 4.74 Å². The lowest BCUT2D eigenvalue weighted by Gasteiger charge is -1.93. The Morgan fingerprint density at radius 1 is 1.86 bits per heavy atom. The predicted molar refractivity (Wildman–Crippen MR) is 35.2 cm³/mol. The number of hydrogen-bond acceptors (Lipinski definition) is 2. The second-order valence-electron chi connectivity index (χ2n) is 0.927. The highest BCUT2D eigenvalue weighted by atomic mass is 127. The fourth-order valence-electron chi connectivity index (χ4n) is 0.232. The van der Waals surface area contributed by atoms with Gasteiger partial charge < -0.3 is 4.74 Å². The molecule has 3 heteroatoms. The molecule has 0 bridgehead atoms. The Balaban J connectivity index is 2.77. The molecule has 0 unspecified atom stereocenters. The molecule has 0 atom stereocenters. The summed E-state index contributed by atoms with van der Waals surface area (Å²) < 4.78 is 5.57. The number of rotatable bonds is 0. The van der Waals surface area contributed by atoms with Crippen LogP contribution in [0.2, 0.25) is 0 Å². The summed E-state index contributed by atoms with van der Waals surface area (Å²) in [5.74, 6) is 2.51. The molecule has 0 N–H and O–H groups in total. The van der Waals surface area contributed by atoms with E-state index >= 15 is 0 Å². The Morgan fingerprint density at radius 3 is 3.00 bits per heavy atom. The van der Waals surface area contributed by atoms with Gasteiger partial charge in [-0.05, 0) is 0 Å². The Hall–Kier alpha value is -0.280. The number of ether oxygens (including phenoxy) is 1. The zero-order valence-electron chi connectivity index (χ0n) is 3.39. The standard InChI is InChI=1S/C4H2INO/c5-4-3-6-1-2-7-4/h2-3H. The van der Waals surface area contributed by atoms with Gasteiger partial charge in [0.2, 0.25) is 0 Å². The van der Waals surface area contributed by atoms with Crippen molar-refractivity contribution in [3.05, 3.63) is 16.2 Å². The summed E-state index contributed by atoms with van der Waals surface area (Å²) in [6, 6.07) is 0. The first kappa shape index (κ1) is 4.87. The van der Waals surface area contributed by atoms with Gasteiger partial charge in [0, 0.05) is 28.5 Å². The number of halogens is 1. The quantitative estimate of drug-likeness (QED) is 0.550. The Kier molecular flexibility index (Phi) is 1.49. The summed E-state index contributed by atoms with van der Waals surface area (Å²) in [7, 11) is 0. The van der Waals surface area contributed by atoms with E-state index in [4.69, 9.17) is 4.74 Å². The topological polar surface area (TPSA) is 21.6 Å². The average molecular weight is 207 g/mol. The molecule has 0 aromatic carbocycles. The average Bonchev–Trinajstić information content (AvgIpc) is 1.69. The van der Waals surface area contributed by atoms with Crippen molar-refractivity contribution in [1.29, 1.82) is 0 Å². The maximum atomic E-state index is 4.80. The van der Waals surface area contributed by atoms with E-state index in [0.717, 1.165) is 3.77 Å². The van der Waals surface area contributed by atoms with Crippen molar-refractivity contribution >= 4 is 28.5 Å². The van der Waals surface area contributed by atoms with Crippen molar-refractivity contribution in [2.45, 2.75) is 0 Å². The third kappa shape index (κ3) is 1.33. The molecule has 0 radical (unpaired) electrons. The Labute approximate surface area is 54.7 Å². The van der Waals surface area contributed by atoms with Crippen molar-refractivity contribution in [3.63, 3.8) is 0 Å². The molecule has 1 aliphatic heterocycles. The van der Waals surface area contributed by atoms with Gasteiger partial charge in [-0.3, -0.25) is 0 Å². The minimum atomic E-state index is 0.774. The van der Waals surface area contributed by atoms with E-state index in [2.05, 4.69) is 10.9 Å². The SMILES string of the molecule is IC1=CN=C=CO1. The summed E-state index contributed by atoms with van der Waals surface area (Å²) in [6.07, 6.45) is 3.02. The molecule has 0 aromatic rings. The molecule has 1 aliphatic rings. The molecule has 1 rings (SSSR count). The van der Waals surface area contributed by atoms with Gasteiger partial charge in [0.1, 0.15) is 0 Å². The maximum Gasteiger partial charge on any atom is 0.183 e. The zero-order chi connectivity index (χ0) is 5.11. The summed E-state index contributed by atoms with van der Waals surface area (Å²) in [5.41, 5.74) is 0. The second kappa shape index (κ2) is 2.14. The van der Waals surface area contributed by atoms with Crippen LogP contribution in [-0.2, 0) is 4.74 Å². The Bertz CT molecular complexity index is 155. The molecular formula is C4H2INO. The molecule has 0 saturated heterocycles. The van der Waals surface area contributed by atoms with Crippen LogP contribution in [0, 0.1) is 0 Å². The maximum absolute atomic E-state index is 4.80. The molecule has 0 amide bonds. The van der Waals surface area contributed by atoms with Crippen LogP contribution in [0.3, 0.4) is 0 Å². The fraction of sp³-hybridized carbons (Fsp3) is 0. The zero-order valence-corrected chi connectivity index (χ0v) is 5.55. The van der Waals surface area contributed by atoms with Gasteiger partial charge in [0.15, 0.2) is 10.0 Å². The van der Waals surface area contributed by atoms with Crippen LogP contribution in [-0.4, -0.2) is 5.87 Å². The van der Waals surface area contributed by atoms with Crippen molar-refractivity contribution in [2.75, 3.05) is 0 Å². The highest BCUT2D eigenvalue weighted by Gasteiger charge is 1.86. The van der Waals surface area contributed by atoms with Crippen LogP contribution in [0.15, 0.2) is 21.2 Å². The van der Waals surface area contributed by atoms with Gasteiger partial charge in [-0.2, -0.15) is 0 Å². The Morgan fingerprint density at radius 2 is 2.71 bits per heavy atom. The molecule has 2 nitrogen and oxygen atoms in total. The summed E-state index contributed by atoms with van der Waals surface area (Å²) in [4.78, 5) is 3.66. The lowest BCUT2D eigenvalue weighted by atomic mass is 10.9. The van der Waals surface area contributed by atoms with Gasteiger partial charge in [0.05, 0.1) is 6.20 Å². The van der Waals surface area contributed by atoms with Crippen LogP contribution in [0.25, 0.3) is 0 Å². The summed E-state index contributed by atoms with van der Waals surface area (Å²) >= 11 is 2.03. The van der Waals surface area contributed by atoms with Crippen molar-refractivity contribution in [2.24, 2.45) is 4.99 Å². The van der Waals surface area contributed by atoms with Crippen LogP contribution in [0.4, 0.5) is 0 Å². The second-order valence-corrected chi connectivity index (χ2v) is 1.99. The third-order valence-corrected chi connectivity index (χ3v) is 0.998. The first-order valence-electron chi connectivity index (χ1n) is 1.69. The summed E-state index contributed by atoms with van der Waals surface area (Å²) in [5, 5.41) is 0. The van der Waals surface area contributed by atoms with Gasteiger partial charge in [-0.1, -0.05) is 0 Å². The first-order valence-corrected chi connectivity index (χ1v) is 2.77. The van der Waals surface area contributed by atoms with Crippen LogP contribution >= 0.6 is 22.6 Å². The number of aliphatic imine (C=N–C) groups is 1. The van der Waals surface area contributed by atoms with Crippen LogP contribution < -0.4 is 0 Å². The van der Waals surface area contributed by atoms with E-state index in [9.17, 15) is 0 Å². The lowest BCUT2D eigenvalue weighted by Crippen LogP contribution is -1.76. The molecule has 0 spiro atoms. The monoisotopic (exact) mass is 207 g/mol. The van der Waals surface area contributed by atoms with Crippen molar-refractivity contribution in [3.8, 4) is 0 Å². The molecule has 0 aliphatic carbocycles. The minimum Gasteiger partial charge on any atom is -0.447 e. The van der Waals surface area contributed by atoms with Crippen LogP contribution in [0.1, 0.15) is 0 Å². The third-order valence-electron chi connectivity index (χ3n) is 0.465. The molecule has 0 aromatic heterocycles. The number of hydrogen-bond donors (Lipinski definition) is 0. The number of nitrogens with zero attached hydrogens (tertiary/aromatic N) is 1. The predicted octanol–water partition coefficient (Wildman–Crippen LogP) is 1.43. The van der Waals surface area contributed by atoms with E-state index < -0.39 is 0 Å². The molecule has 7 heavy (non-hydrogen) atoms. The van der Waals surface area contributed by atoms with Gasteiger partial charge >= 0.3 is 0 Å². The van der Waals surface area contributed by atoms with E-state index in [1.54, 1.807) is 6.20 Å². The van der Waals surface area contributed by atoms with E-state index in [-0.39, 0.29) is 0 Å². The highest BCUT2D eigenvalue weighted by Crippen LogP contribution is 2.08. The van der Waals surface area contributed by atoms with E-state index in [0.29, 0.717) is 0 Å². The van der Waals surface area contributed by atoms with Gasteiger partial charge in [0.25, 0.3) is 0 Å². The summed E-state index contributed by atoms with van der Waals surface area (Å²) in [6.45, 7) is 0. The molecule has 0 saturated carbocycles. The van der Waals surface area contributed by atoms with Crippen LogP contribution in [0.5, 0.6) is 0 Å². The fourth-order valence-corrected chi connectivity index (χ4v) is 0.498. The largest absolute Gasteiger partial charge is 0.447 e. The lowest BCUT2D eigenvalue weighted by molar-refractivity contribution is 0.398. The minimum absolute atomic E-state index is 0.774. The molecule has 36 valence electrons. The normalized spacial score (nSPS) is 15.9. The molecule has 0 fully saturated rings. The molecular weight excluding hydrogens is 205 g/mol. The van der Waals surface area contributed by atoms with E-state index in [1.165, 1.54) is 6.26 Å². The van der Waals surface area contributed by atoms with Gasteiger partial charge in [-0.15, -0.1) is 0 Å². The van der Waals surface area contributed by atoms with Crippen molar-refractivity contribution in [1.82, 2.24) is 0 Å². The highest BCUT2D eigenvalue weighted by molar-refractivity contribution is 14.1. The first-order chi connectivity index (χ1) is 3.39. The van der Waals surface area contributed by atoms with Gasteiger partial charge in [-0.25, -0.2) is 4.99 Å². The smallest absolute Gasteiger partial charge is 0.183 e.